The number of nitrogens with zero attached hydrogens (tertiary/aromatic N) is 4. The Labute approximate surface area is 139 Å². The van der Waals surface area contributed by atoms with Crippen molar-refractivity contribution in [2.75, 3.05) is 0 Å². The molecule has 3 aromatic rings. The van der Waals surface area contributed by atoms with Crippen LogP contribution in [-0.2, 0) is 6.54 Å². The van der Waals surface area contributed by atoms with Gasteiger partial charge in [0.1, 0.15) is 17.8 Å². The first-order valence-corrected chi connectivity index (χ1v) is 8.39. The molecule has 24 heavy (non-hydrogen) atoms. The van der Waals surface area contributed by atoms with Crippen LogP contribution in [0.5, 0.6) is 0 Å². The second-order valence-corrected chi connectivity index (χ2v) is 6.58. The van der Waals surface area contributed by atoms with Gasteiger partial charge in [-0.15, -0.1) is 0 Å². The van der Waals surface area contributed by atoms with Gasteiger partial charge in [0.2, 0.25) is 0 Å². The van der Waals surface area contributed by atoms with E-state index in [2.05, 4.69) is 9.97 Å². The van der Waals surface area contributed by atoms with Gasteiger partial charge in [0.25, 0.3) is 0 Å². The average Bonchev–Trinajstić information content (AvgIpc) is 2.97. The van der Waals surface area contributed by atoms with Crippen LogP contribution in [0, 0.1) is 11.7 Å². The quantitative estimate of drug-likeness (QED) is 0.803. The Balaban J connectivity index is 1.70. The molecule has 2 heterocycles. The first-order chi connectivity index (χ1) is 11.7. The summed E-state index contributed by atoms with van der Waals surface area (Å²) in [6.45, 7) is 0.835. The third-order valence-electron chi connectivity index (χ3n) is 4.85. The van der Waals surface area contributed by atoms with E-state index in [-0.39, 0.29) is 5.82 Å². The number of hydrogen-bond donors (Lipinski definition) is 1. The number of nitrogens with two attached hydrogens (primary N) is 1. The maximum Gasteiger partial charge on any atom is 0.161 e. The molecule has 0 saturated heterocycles. The minimum Gasteiger partial charge on any atom is -0.328 e. The van der Waals surface area contributed by atoms with Gasteiger partial charge in [0.05, 0.1) is 5.39 Å². The Morgan fingerprint density at radius 2 is 1.88 bits per heavy atom. The van der Waals surface area contributed by atoms with Gasteiger partial charge in [-0.05, 0) is 55.9 Å². The van der Waals surface area contributed by atoms with E-state index in [4.69, 9.17) is 10.8 Å². The summed E-state index contributed by atoms with van der Waals surface area (Å²) >= 11 is 0. The maximum atomic E-state index is 13.2. The molecule has 0 aliphatic heterocycles. The molecule has 2 N–H and O–H groups in total. The predicted octanol–water partition coefficient (Wildman–Crippen LogP) is 3.15. The summed E-state index contributed by atoms with van der Waals surface area (Å²) in [5.41, 5.74) is 8.51. The zero-order chi connectivity index (χ0) is 16.5. The van der Waals surface area contributed by atoms with E-state index in [0.717, 1.165) is 54.5 Å². The van der Waals surface area contributed by atoms with Gasteiger partial charge in [0, 0.05) is 24.3 Å². The Bertz CT molecular complexity index is 834. The molecule has 0 bridgehead atoms. The summed E-state index contributed by atoms with van der Waals surface area (Å²) in [7, 11) is 0. The molecule has 2 aromatic heterocycles. The molecule has 1 aromatic carbocycles. The molecule has 0 atom stereocenters. The normalized spacial score (nSPS) is 21.2. The third kappa shape index (κ3) is 2.89. The van der Waals surface area contributed by atoms with Crippen molar-refractivity contribution in [3.8, 4) is 11.3 Å². The summed E-state index contributed by atoms with van der Waals surface area (Å²) in [5, 5.41) is 5.66. The van der Waals surface area contributed by atoms with Crippen LogP contribution in [0.4, 0.5) is 4.39 Å². The van der Waals surface area contributed by atoms with E-state index in [9.17, 15) is 4.39 Å². The standard InChI is InChI=1S/C18H20FN5/c19-14-5-3-13(4-6-14)17-16-9-21-11-22-18(16)24(23-17)10-12-1-7-15(20)8-2-12/h3-6,9,11-12,15H,1-2,7-8,10,20H2. The lowest BCUT2D eigenvalue weighted by Crippen LogP contribution is -2.28. The average molecular weight is 325 g/mol. The molecule has 6 heteroatoms. The lowest BCUT2D eigenvalue weighted by molar-refractivity contribution is 0.288. The van der Waals surface area contributed by atoms with E-state index in [1.807, 2.05) is 4.68 Å². The van der Waals surface area contributed by atoms with E-state index >= 15 is 0 Å². The minimum atomic E-state index is -0.253. The van der Waals surface area contributed by atoms with Crippen molar-refractivity contribution < 1.29 is 4.39 Å². The molecule has 0 unspecified atom stereocenters. The van der Waals surface area contributed by atoms with Crippen LogP contribution in [0.25, 0.3) is 22.3 Å². The lowest BCUT2D eigenvalue weighted by Gasteiger charge is -2.25. The highest BCUT2D eigenvalue weighted by Gasteiger charge is 2.21. The minimum absolute atomic E-state index is 0.253. The second kappa shape index (κ2) is 6.28. The number of hydrogen-bond acceptors (Lipinski definition) is 4. The molecule has 0 radical (unpaired) electrons. The van der Waals surface area contributed by atoms with Gasteiger partial charge in [-0.2, -0.15) is 5.10 Å². The predicted molar refractivity (Wildman–Crippen MR) is 90.7 cm³/mol. The number of rotatable bonds is 3. The molecule has 0 amide bonds. The van der Waals surface area contributed by atoms with Gasteiger partial charge in [-0.1, -0.05) is 0 Å². The molecule has 4 rings (SSSR count). The van der Waals surface area contributed by atoms with Crippen molar-refractivity contribution in [2.45, 2.75) is 38.3 Å². The van der Waals surface area contributed by atoms with Crippen molar-refractivity contribution in [2.24, 2.45) is 11.7 Å². The van der Waals surface area contributed by atoms with Crippen molar-refractivity contribution in [3.05, 3.63) is 42.6 Å². The zero-order valence-corrected chi connectivity index (χ0v) is 13.4. The van der Waals surface area contributed by atoms with Crippen LogP contribution in [0.3, 0.4) is 0 Å². The molecule has 1 fully saturated rings. The van der Waals surface area contributed by atoms with Gasteiger partial charge in [-0.25, -0.2) is 19.0 Å². The van der Waals surface area contributed by atoms with Crippen LogP contribution in [0.1, 0.15) is 25.7 Å². The third-order valence-corrected chi connectivity index (χ3v) is 4.85. The first kappa shape index (κ1) is 15.2. The SMILES string of the molecule is NC1CCC(Cn2nc(-c3ccc(F)cc3)c3cncnc32)CC1. The number of fused-ring (bicyclic) bond motifs is 1. The van der Waals surface area contributed by atoms with Crippen molar-refractivity contribution in [1.29, 1.82) is 0 Å². The van der Waals surface area contributed by atoms with Gasteiger partial charge in [0.15, 0.2) is 5.65 Å². The number of aromatic nitrogens is 4. The highest BCUT2D eigenvalue weighted by atomic mass is 19.1. The van der Waals surface area contributed by atoms with Crippen LogP contribution in [0.2, 0.25) is 0 Å². The molecular formula is C18H20FN5. The van der Waals surface area contributed by atoms with Crippen LogP contribution in [0.15, 0.2) is 36.8 Å². The van der Waals surface area contributed by atoms with Gasteiger partial charge < -0.3 is 5.73 Å². The van der Waals surface area contributed by atoms with Gasteiger partial charge >= 0.3 is 0 Å². The Kier molecular flexibility index (Phi) is 3.98. The fraction of sp³-hybridized carbons (Fsp3) is 0.389. The summed E-state index contributed by atoms with van der Waals surface area (Å²) in [6.07, 6.45) is 7.72. The van der Waals surface area contributed by atoms with E-state index in [0.29, 0.717) is 12.0 Å². The van der Waals surface area contributed by atoms with Crippen LogP contribution in [-0.4, -0.2) is 25.8 Å². The van der Waals surface area contributed by atoms with E-state index in [1.54, 1.807) is 24.7 Å². The summed E-state index contributed by atoms with van der Waals surface area (Å²) in [5.74, 6) is 0.321. The number of halogens is 1. The monoisotopic (exact) mass is 325 g/mol. The molecule has 1 aliphatic carbocycles. The Hall–Kier alpha value is -2.34. The molecule has 1 saturated carbocycles. The van der Waals surface area contributed by atoms with Gasteiger partial charge in [-0.3, -0.25) is 0 Å². The highest BCUT2D eigenvalue weighted by molar-refractivity contribution is 5.90. The summed E-state index contributed by atoms with van der Waals surface area (Å²) in [4.78, 5) is 8.55. The molecular weight excluding hydrogens is 305 g/mol. The molecule has 5 nitrogen and oxygen atoms in total. The first-order valence-electron chi connectivity index (χ1n) is 8.39. The smallest absolute Gasteiger partial charge is 0.161 e. The van der Waals surface area contributed by atoms with Crippen molar-refractivity contribution >= 4 is 11.0 Å². The summed E-state index contributed by atoms with van der Waals surface area (Å²) < 4.78 is 15.2. The largest absolute Gasteiger partial charge is 0.328 e. The topological polar surface area (TPSA) is 69.6 Å². The molecule has 0 spiro atoms. The van der Waals surface area contributed by atoms with E-state index in [1.165, 1.54) is 12.1 Å². The Morgan fingerprint density at radius 1 is 1.12 bits per heavy atom. The fourth-order valence-corrected chi connectivity index (χ4v) is 3.48. The fourth-order valence-electron chi connectivity index (χ4n) is 3.48. The summed E-state index contributed by atoms with van der Waals surface area (Å²) in [6, 6.07) is 6.73. The lowest BCUT2D eigenvalue weighted by atomic mass is 9.86. The van der Waals surface area contributed by atoms with Crippen molar-refractivity contribution in [3.63, 3.8) is 0 Å². The molecule has 124 valence electrons. The Morgan fingerprint density at radius 3 is 2.62 bits per heavy atom. The molecule has 1 aliphatic rings. The second-order valence-electron chi connectivity index (χ2n) is 6.58. The van der Waals surface area contributed by atoms with Crippen LogP contribution >= 0.6 is 0 Å². The highest BCUT2D eigenvalue weighted by Crippen LogP contribution is 2.29. The number of benzene rings is 1. The maximum absolute atomic E-state index is 13.2. The van der Waals surface area contributed by atoms with Crippen molar-refractivity contribution in [1.82, 2.24) is 19.7 Å². The zero-order valence-electron chi connectivity index (χ0n) is 13.4. The van der Waals surface area contributed by atoms with Crippen LogP contribution < -0.4 is 5.73 Å². The van der Waals surface area contributed by atoms with E-state index < -0.39 is 0 Å².